The molecule has 0 bridgehead atoms. The summed E-state index contributed by atoms with van der Waals surface area (Å²) in [5, 5.41) is 3.32. The monoisotopic (exact) mass is 493 g/mol. The largest absolute Gasteiger partial charge is 0.381 e. The number of rotatable bonds is 4. The second-order valence-electron chi connectivity index (χ2n) is 6.77. The summed E-state index contributed by atoms with van der Waals surface area (Å²) in [4.78, 5) is 6.91. The molecule has 6 nitrogen and oxygen atoms in total. The second kappa shape index (κ2) is 8.88. The van der Waals surface area contributed by atoms with Crippen molar-refractivity contribution in [3.8, 4) is 0 Å². The van der Waals surface area contributed by atoms with Crippen molar-refractivity contribution < 1.29 is 13.2 Å². The van der Waals surface area contributed by atoms with Crippen LogP contribution in [0.25, 0.3) is 0 Å². The van der Waals surface area contributed by atoms with Gasteiger partial charge in [0.2, 0.25) is 0 Å². The second-order valence-corrected chi connectivity index (χ2v) is 9.18. The number of para-hydroxylation sites is 1. The summed E-state index contributed by atoms with van der Waals surface area (Å²) in [5.74, 6) is 0.766. The van der Waals surface area contributed by atoms with Crippen LogP contribution in [0.1, 0.15) is 25.3 Å². The van der Waals surface area contributed by atoms with Crippen LogP contribution in [0.5, 0.6) is 0 Å². The van der Waals surface area contributed by atoms with Gasteiger partial charge in [-0.15, -0.1) is 24.0 Å². The molecule has 1 N–H and O–H groups in total. The summed E-state index contributed by atoms with van der Waals surface area (Å²) in [5.41, 5.74) is 2.46. The normalized spacial score (nSPS) is 19.6. The number of sulfone groups is 1. The van der Waals surface area contributed by atoms with Crippen LogP contribution >= 0.6 is 24.0 Å². The summed E-state index contributed by atoms with van der Waals surface area (Å²) in [6.45, 7) is 4.86. The number of guanidine groups is 1. The molecule has 0 unspecified atom stereocenters. The van der Waals surface area contributed by atoms with Crippen molar-refractivity contribution in [2.75, 3.05) is 44.0 Å². The summed E-state index contributed by atoms with van der Waals surface area (Å²) in [6.07, 6.45) is 3.31. The van der Waals surface area contributed by atoms with Gasteiger partial charge in [0.25, 0.3) is 0 Å². The number of fused-ring (bicyclic) bond motifs is 1. The predicted molar refractivity (Wildman–Crippen MR) is 117 cm³/mol. The van der Waals surface area contributed by atoms with E-state index in [1.165, 1.54) is 11.8 Å². The van der Waals surface area contributed by atoms with Crippen molar-refractivity contribution in [2.24, 2.45) is 4.99 Å². The van der Waals surface area contributed by atoms with Crippen molar-refractivity contribution in [3.05, 3.63) is 29.8 Å². The molecule has 2 aliphatic rings. The van der Waals surface area contributed by atoms with Crippen LogP contribution in [0.2, 0.25) is 0 Å². The highest BCUT2D eigenvalue weighted by Gasteiger charge is 2.42. The van der Waals surface area contributed by atoms with Gasteiger partial charge in [0.05, 0.1) is 11.3 Å². The summed E-state index contributed by atoms with van der Waals surface area (Å²) >= 11 is 0. The van der Waals surface area contributed by atoms with Crippen molar-refractivity contribution in [1.82, 2.24) is 5.32 Å². The third-order valence-electron chi connectivity index (χ3n) is 5.19. The van der Waals surface area contributed by atoms with E-state index in [2.05, 4.69) is 22.3 Å². The molecule has 0 spiro atoms. The van der Waals surface area contributed by atoms with Crippen molar-refractivity contribution in [1.29, 1.82) is 0 Å². The maximum absolute atomic E-state index is 12.4. The van der Waals surface area contributed by atoms with Crippen LogP contribution in [0.4, 0.5) is 5.69 Å². The lowest BCUT2D eigenvalue weighted by Crippen LogP contribution is -2.48. The van der Waals surface area contributed by atoms with E-state index in [-0.39, 0.29) is 30.5 Å². The fraction of sp³-hybridized carbons (Fsp3) is 0.611. The Morgan fingerprint density at radius 3 is 2.65 bits per heavy atom. The first kappa shape index (κ1) is 21.4. The molecule has 1 aromatic carbocycles. The molecule has 0 atom stereocenters. The zero-order valence-corrected chi connectivity index (χ0v) is 18.5. The molecule has 1 saturated heterocycles. The van der Waals surface area contributed by atoms with Gasteiger partial charge in [-0.25, -0.2) is 8.42 Å². The summed E-state index contributed by atoms with van der Waals surface area (Å²) < 4.78 is 29.4. The van der Waals surface area contributed by atoms with E-state index >= 15 is 0 Å². The zero-order chi connectivity index (χ0) is 17.9. The number of halogens is 1. The Morgan fingerprint density at radius 1 is 1.31 bits per heavy atom. The lowest BCUT2D eigenvalue weighted by atomic mass is 9.99. The average Bonchev–Trinajstić information content (AvgIpc) is 3.02. The molecule has 1 aromatic rings. The highest BCUT2D eigenvalue weighted by Crippen LogP contribution is 2.31. The molecule has 146 valence electrons. The Balaban J connectivity index is 0.00000243. The SMILES string of the molecule is CCNC(=NCC1(S(C)(=O)=O)CCOCC1)N1CCc2ccccc21.I. The minimum Gasteiger partial charge on any atom is -0.381 e. The number of hydrogen-bond acceptors (Lipinski definition) is 4. The maximum atomic E-state index is 12.4. The first-order chi connectivity index (χ1) is 12.0. The van der Waals surface area contributed by atoms with E-state index in [0.717, 1.165) is 31.2 Å². The fourth-order valence-corrected chi connectivity index (χ4v) is 4.77. The smallest absolute Gasteiger partial charge is 0.198 e. The van der Waals surface area contributed by atoms with Gasteiger partial charge in [-0.1, -0.05) is 18.2 Å². The van der Waals surface area contributed by atoms with E-state index in [9.17, 15) is 8.42 Å². The standard InChI is InChI=1S/C18H27N3O3S.HI/c1-3-19-17(21-11-8-15-6-4-5-7-16(15)21)20-14-18(25(2,22)23)9-12-24-13-10-18;/h4-7H,3,8-14H2,1-2H3,(H,19,20);1H. The molecule has 8 heteroatoms. The van der Waals surface area contributed by atoms with Gasteiger partial charge in [-0.2, -0.15) is 0 Å². The number of ether oxygens (including phenoxy) is 1. The average molecular weight is 493 g/mol. The number of aliphatic imine (C=N–C) groups is 1. The molecule has 26 heavy (non-hydrogen) atoms. The minimum atomic E-state index is -3.22. The predicted octanol–water partition coefficient (Wildman–Crippen LogP) is 2.23. The Kier molecular flexibility index (Phi) is 7.32. The number of anilines is 1. The van der Waals surface area contributed by atoms with Crippen molar-refractivity contribution >= 4 is 45.5 Å². The first-order valence-electron chi connectivity index (χ1n) is 8.88. The summed E-state index contributed by atoms with van der Waals surface area (Å²) in [6, 6.07) is 8.30. The van der Waals surface area contributed by atoms with E-state index in [0.29, 0.717) is 26.1 Å². The van der Waals surface area contributed by atoms with Crippen LogP contribution in [0.15, 0.2) is 29.3 Å². The lowest BCUT2D eigenvalue weighted by molar-refractivity contribution is 0.0768. The Labute approximate surface area is 173 Å². The third kappa shape index (κ3) is 4.33. The van der Waals surface area contributed by atoms with Crippen molar-refractivity contribution in [2.45, 2.75) is 30.9 Å². The Morgan fingerprint density at radius 2 is 2.00 bits per heavy atom. The molecule has 3 rings (SSSR count). The van der Waals surface area contributed by atoms with Gasteiger partial charge in [0, 0.05) is 38.2 Å². The van der Waals surface area contributed by atoms with Gasteiger partial charge >= 0.3 is 0 Å². The van der Waals surface area contributed by atoms with Gasteiger partial charge in [-0.3, -0.25) is 4.99 Å². The fourth-order valence-electron chi connectivity index (χ4n) is 3.56. The first-order valence-corrected chi connectivity index (χ1v) is 10.8. The third-order valence-corrected chi connectivity index (χ3v) is 7.30. The van der Waals surface area contributed by atoms with E-state index in [1.54, 1.807) is 0 Å². The van der Waals surface area contributed by atoms with Crippen molar-refractivity contribution in [3.63, 3.8) is 0 Å². The van der Waals surface area contributed by atoms with Gasteiger partial charge in [-0.05, 0) is 37.8 Å². The zero-order valence-electron chi connectivity index (χ0n) is 15.4. The van der Waals surface area contributed by atoms with E-state index < -0.39 is 14.6 Å². The highest BCUT2D eigenvalue weighted by atomic mass is 127. The number of benzene rings is 1. The van der Waals surface area contributed by atoms with E-state index in [1.807, 2.05) is 19.1 Å². The van der Waals surface area contributed by atoms with Crippen LogP contribution in [-0.2, 0) is 21.0 Å². The van der Waals surface area contributed by atoms with Crippen LogP contribution in [-0.4, -0.2) is 58.2 Å². The molecular weight excluding hydrogens is 465 g/mol. The number of nitrogens with one attached hydrogen (secondary N) is 1. The molecular formula is C18H28IN3O3S. The molecule has 0 aliphatic carbocycles. The van der Waals surface area contributed by atoms with Crippen LogP contribution < -0.4 is 10.2 Å². The Bertz CT molecular complexity index is 746. The molecule has 2 heterocycles. The summed E-state index contributed by atoms with van der Waals surface area (Å²) in [7, 11) is -3.22. The topological polar surface area (TPSA) is 71.0 Å². The quantitative estimate of drug-likeness (QED) is 0.396. The highest BCUT2D eigenvalue weighted by molar-refractivity contribution is 14.0. The van der Waals surface area contributed by atoms with Gasteiger partial charge in [0.1, 0.15) is 0 Å². The molecule has 0 aromatic heterocycles. The molecule has 2 aliphatic heterocycles. The lowest BCUT2D eigenvalue weighted by Gasteiger charge is -2.34. The molecule has 1 fully saturated rings. The number of hydrogen-bond donors (Lipinski definition) is 1. The van der Waals surface area contributed by atoms with E-state index in [4.69, 9.17) is 9.73 Å². The molecule has 0 saturated carbocycles. The molecule has 0 amide bonds. The maximum Gasteiger partial charge on any atom is 0.198 e. The van der Waals surface area contributed by atoms with Crippen LogP contribution in [0, 0.1) is 0 Å². The minimum absolute atomic E-state index is 0. The van der Waals surface area contributed by atoms with Gasteiger partial charge < -0.3 is 15.0 Å². The molecule has 0 radical (unpaired) electrons. The number of nitrogens with zero attached hydrogens (tertiary/aromatic N) is 2. The van der Waals surface area contributed by atoms with Gasteiger partial charge in [0.15, 0.2) is 15.8 Å². The Hall–Kier alpha value is -0.870. The van der Waals surface area contributed by atoms with Crippen LogP contribution in [0.3, 0.4) is 0 Å².